The molecule has 0 bridgehead atoms. The van der Waals surface area contributed by atoms with Gasteiger partial charge in [0.1, 0.15) is 6.29 Å². The highest BCUT2D eigenvalue weighted by Gasteiger charge is 2.15. The molecule has 0 aliphatic heterocycles. The van der Waals surface area contributed by atoms with E-state index >= 15 is 0 Å². The maximum Gasteiger partial charge on any atom is 0.120 e. The summed E-state index contributed by atoms with van der Waals surface area (Å²) in [7, 11) is 0. The van der Waals surface area contributed by atoms with Crippen LogP contribution in [0.1, 0.15) is 45.4 Å². The van der Waals surface area contributed by atoms with Crippen molar-refractivity contribution in [2.24, 2.45) is 11.7 Å². The molecular weight excluding hydrogens is 162 g/mol. The van der Waals surface area contributed by atoms with E-state index in [0.717, 1.165) is 43.6 Å². The van der Waals surface area contributed by atoms with Gasteiger partial charge in [0.2, 0.25) is 0 Å². The van der Waals surface area contributed by atoms with Gasteiger partial charge in [-0.15, -0.1) is 0 Å². The number of allylic oxidation sites excluding steroid dienone is 2. The molecule has 74 valence electrons. The minimum absolute atomic E-state index is 0.672. The molecule has 1 aliphatic rings. The Morgan fingerprint density at radius 1 is 1.62 bits per heavy atom. The Hall–Kier alpha value is -0.790. The summed E-state index contributed by atoms with van der Waals surface area (Å²) < 4.78 is 0. The minimum atomic E-state index is 0.672. The van der Waals surface area contributed by atoms with Crippen molar-refractivity contribution in [3.63, 3.8) is 0 Å². The van der Waals surface area contributed by atoms with Gasteiger partial charge in [0.15, 0.2) is 0 Å². The van der Waals surface area contributed by atoms with E-state index in [4.69, 9.17) is 5.73 Å². The van der Waals surface area contributed by atoms with Gasteiger partial charge in [-0.05, 0) is 38.0 Å². The lowest BCUT2D eigenvalue weighted by Crippen LogP contribution is -2.13. The Balaban J connectivity index is 2.40. The molecule has 0 amide bonds. The van der Waals surface area contributed by atoms with Gasteiger partial charge in [-0.25, -0.2) is 0 Å². The molecule has 13 heavy (non-hydrogen) atoms. The molecule has 1 rings (SSSR count). The van der Waals surface area contributed by atoms with Gasteiger partial charge >= 0.3 is 0 Å². The van der Waals surface area contributed by atoms with Crippen LogP contribution in [-0.2, 0) is 4.79 Å². The molecule has 2 nitrogen and oxygen atoms in total. The summed E-state index contributed by atoms with van der Waals surface area (Å²) >= 11 is 0. The van der Waals surface area contributed by atoms with Gasteiger partial charge in [0.25, 0.3) is 0 Å². The third-order valence-corrected chi connectivity index (χ3v) is 2.76. The fraction of sp³-hybridized carbons (Fsp3) is 0.727. The van der Waals surface area contributed by atoms with Crippen LogP contribution in [0.3, 0.4) is 0 Å². The Labute approximate surface area is 80.2 Å². The predicted molar refractivity (Wildman–Crippen MR) is 54.1 cm³/mol. The van der Waals surface area contributed by atoms with Crippen molar-refractivity contribution in [1.29, 1.82) is 0 Å². The van der Waals surface area contributed by atoms with Crippen LogP contribution in [-0.4, -0.2) is 6.29 Å². The summed E-state index contributed by atoms with van der Waals surface area (Å²) in [5.74, 6) is 0.776. The van der Waals surface area contributed by atoms with Crippen LogP contribution >= 0.6 is 0 Å². The van der Waals surface area contributed by atoms with E-state index in [2.05, 4.69) is 6.92 Å². The Bertz CT molecular complexity index is 208. The number of hydrogen-bond donors (Lipinski definition) is 1. The van der Waals surface area contributed by atoms with E-state index in [1.807, 2.05) is 0 Å². The lowest BCUT2D eigenvalue weighted by Gasteiger charge is -2.22. The summed E-state index contributed by atoms with van der Waals surface area (Å²) in [5, 5.41) is 0. The molecule has 0 radical (unpaired) electrons. The van der Waals surface area contributed by atoms with E-state index in [0.29, 0.717) is 6.42 Å². The molecule has 0 aromatic heterocycles. The van der Waals surface area contributed by atoms with Gasteiger partial charge in [0.05, 0.1) is 0 Å². The van der Waals surface area contributed by atoms with Crippen LogP contribution < -0.4 is 5.73 Å². The third kappa shape index (κ3) is 3.21. The minimum Gasteiger partial charge on any atom is -0.402 e. The highest BCUT2D eigenvalue weighted by atomic mass is 16.1. The largest absolute Gasteiger partial charge is 0.402 e. The molecule has 0 aromatic rings. The molecule has 0 heterocycles. The van der Waals surface area contributed by atoms with Crippen molar-refractivity contribution in [2.45, 2.75) is 45.4 Å². The van der Waals surface area contributed by atoms with Gasteiger partial charge in [0, 0.05) is 12.1 Å². The quantitative estimate of drug-likeness (QED) is 0.534. The Morgan fingerprint density at radius 2 is 2.38 bits per heavy atom. The van der Waals surface area contributed by atoms with Crippen LogP contribution in [0, 0.1) is 5.92 Å². The first-order chi connectivity index (χ1) is 6.24. The maximum atomic E-state index is 10.1. The second-order valence-electron chi connectivity index (χ2n) is 4.04. The van der Waals surface area contributed by atoms with E-state index in [1.165, 1.54) is 12.0 Å². The predicted octanol–water partition coefficient (Wildman–Crippen LogP) is 2.39. The first kappa shape index (κ1) is 10.3. The summed E-state index contributed by atoms with van der Waals surface area (Å²) in [6.45, 7) is 2.27. The van der Waals surface area contributed by atoms with Crippen molar-refractivity contribution in [3.8, 4) is 0 Å². The van der Waals surface area contributed by atoms with Crippen LogP contribution in [0.25, 0.3) is 0 Å². The molecular formula is C11H19NO. The number of nitrogens with two attached hydrogens (primary N) is 1. The van der Waals surface area contributed by atoms with Gasteiger partial charge in [-0.2, -0.15) is 0 Å². The zero-order valence-electron chi connectivity index (χ0n) is 8.38. The Kier molecular flexibility index (Phi) is 4.00. The van der Waals surface area contributed by atoms with Crippen molar-refractivity contribution >= 4 is 6.29 Å². The normalized spacial score (nSPS) is 23.3. The highest BCUT2D eigenvalue weighted by Crippen LogP contribution is 2.29. The number of aldehydes is 1. The van der Waals surface area contributed by atoms with Crippen molar-refractivity contribution < 1.29 is 4.79 Å². The van der Waals surface area contributed by atoms with Crippen LogP contribution in [0.15, 0.2) is 11.3 Å². The lowest BCUT2D eigenvalue weighted by molar-refractivity contribution is -0.107. The maximum absolute atomic E-state index is 10.1. The Morgan fingerprint density at radius 3 is 3.08 bits per heavy atom. The fourth-order valence-electron chi connectivity index (χ4n) is 1.89. The number of hydrogen-bond acceptors (Lipinski definition) is 2. The highest BCUT2D eigenvalue weighted by molar-refractivity contribution is 5.49. The van der Waals surface area contributed by atoms with E-state index in [1.54, 1.807) is 0 Å². The number of unbranched alkanes of at least 4 members (excludes halogenated alkanes) is 1. The third-order valence-electron chi connectivity index (χ3n) is 2.76. The van der Waals surface area contributed by atoms with Crippen molar-refractivity contribution in [3.05, 3.63) is 11.3 Å². The van der Waals surface area contributed by atoms with E-state index in [9.17, 15) is 4.79 Å². The van der Waals surface area contributed by atoms with Gasteiger partial charge in [-0.3, -0.25) is 0 Å². The van der Waals surface area contributed by atoms with Crippen molar-refractivity contribution in [2.75, 3.05) is 0 Å². The van der Waals surface area contributed by atoms with Crippen LogP contribution in [0.5, 0.6) is 0 Å². The zero-order valence-corrected chi connectivity index (χ0v) is 8.38. The van der Waals surface area contributed by atoms with Crippen LogP contribution in [0.2, 0.25) is 0 Å². The SMILES string of the molecule is CC1CCC(N)=C(CCCC=O)C1. The zero-order chi connectivity index (χ0) is 9.68. The molecule has 0 fully saturated rings. The molecule has 1 unspecified atom stereocenters. The van der Waals surface area contributed by atoms with E-state index in [-0.39, 0.29) is 0 Å². The summed E-state index contributed by atoms with van der Waals surface area (Å²) in [5.41, 5.74) is 8.41. The first-order valence-corrected chi connectivity index (χ1v) is 5.14. The van der Waals surface area contributed by atoms with E-state index < -0.39 is 0 Å². The first-order valence-electron chi connectivity index (χ1n) is 5.14. The van der Waals surface area contributed by atoms with Crippen LogP contribution in [0.4, 0.5) is 0 Å². The molecule has 2 N–H and O–H groups in total. The molecule has 0 saturated carbocycles. The summed E-state index contributed by atoms with van der Waals surface area (Å²) in [6, 6.07) is 0. The topological polar surface area (TPSA) is 43.1 Å². The van der Waals surface area contributed by atoms with Gasteiger partial charge < -0.3 is 10.5 Å². The molecule has 1 aliphatic carbocycles. The number of rotatable bonds is 4. The molecule has 0 spiro atoms. The molecule has 1 atom stereocenters. The average Bonchev–Trinajstić information content (AvgIpc) is 2.11. The second kappa shape index (κ2) is 5.05. The monoisotopic (exact) mass is 181 g/mol. The molecule has 2 heteroatoms. The summed E-state index contributed by atoms with van der Waals surface area (Å²) in [6.07, 6.45) is 7.07. The number of carbonyl (C=O) groups is 1. The lowest BCUT2D eigenvalue weighted by atomic mass is 9.86. The molecule has 0 saturated heterocycles. The number of carbonyl (C=O) groups excluding carboxylic acids is 1. The smallest absolute Gasteiger partial charge is 0.120 e. The standard InChI is InChI=1S/C11H19NO/c1-9-5-6-11(12)10(8-9)4-2-3-7-13/h7,9H,2-6,8,12H2,1H3. The average molecular weight is 181 g/mol. The van der Waals surface area contributed by atoms with Crippen molar-refractivity contribution in [1.82, 2.24) is 0 Å². The van der Waals surface area contributed by atoms with Gasteiger partial charge in [-0.1, -0.05) is 12.5 Å². The summed E-state index contributed by atoms with van der Waals surface area (Å²) in [4.78, 5) is 10.1. The fourth-order valence-corrected chi connectivity index (χ4v) is 1.89. The second-order valence-corrected chi connectivity index (χ2v) is 4.04. The molecule has 0 aromatic carbocycles.